The van der Waals surface area contributed by atoms with Crippen molar-refractivity contribution < 1.29 is 24.2 Å². The van der Waals surface area contributed by atoms with Gasteiger partial charge in [0.05, 0.1) is 20.1 Å². The first kappa shape index (κ1) is 16.8. The predicted molar refractivity (Wildman–Crippen MR) is 78.0 cm³/mol. The summed E-state index contributed by atoms with van der Waals surface area (Å²) in [6, 6.07) is 4.42. The van der Waals surface area contributed by atoms with Crippen LogP contribution in [0.15, 0.2) is 18.2 Å². The topological polar surface area (TPSA) is 84.9 Å². The molecule has 6 nitrogen and oxygen atoms in total. The highest BCUT2D eigenvalue weighted by Crippen LogP contribution is 2.28. The van der Waals surface area contributed by atoms with E-state index in [-0.39, 0.29) is 12.3 Å². The van der Waals surface area contributed by atoms with Crippen LogP contribution in [0.4, 0.5) is 0 Å². The first-order valence-corrected chi connectivity index (χ1v) is 6.81. The zero-order valence-electron chi connectivity index (χ0n) is 12.5. The van der Waals surface area contributed by atoms with Gasteiger partial charge < -0.3 is 19.9 Å². The van der Waals surface area contributed by atoms with E-state index in [1.807, 2.05) is 6.92 Å². The molecule has 1 rings (SSSR count). The van der Waals surface area contributed by atoms with Gasteiger partial charge in [0, 0.05) is 11.6 Å². The van der Waals surface area contributed by atoms with Gasteiger partial charge in [-0.1, -0.05) is 6.92 Å². The molecule has 1 aromatic rings. The number of aliphatic carboxylic acids is 1. The Bertz CT molecular complexity index is 501. The first-order chi connectivity index (χ1) is 9.97. The van der Waals surface area contributed by atoms with Gasteiger partial charge in [0.15, 0.2) is 11.5 Å². The van der Waals surface area contributed by atoms with Crippen molar-refractivity contribution in [1.29, 1.82) is 0 Å². The van der Waals surface area contributed by atoms with Crippen LogP contribution < -0.4 is 14.8 Å². The SMILES string of the molecule is CCCOc1ccc(C(=O)N[C@H](C)CC(=O)O)cc1OC. The normalized spacial score (nSPS) is 11.6. The van der Waals surface area contributed by atoms with E-state index in [9.17, 15) is 9.59 Å². The molecule has 0 aliphatic rings. The van der Waals surface area contributed by atoms with E-state index < -0.39 is 12.0 Å². The van der Waals surface area contributed by atoms with Crippen LogP contribution in [0, 0.1) is 0 Å². The molecule has 6 heteroatoms. The van der Waals surface area contributed by atoms with Crippen LogP contribution in [0.1, 0.15) is 37.0 Å². The van der Waals surface area contributed by atoms with Gasteiger partial charge in [-0.15, -0.1) is 0 Å². The lowest BCUT2D eigenvalue weighted by atomic mass is 10.1. The summed E-state index contributed by atoms with van der Waals surface area (Å²) < 4.78 is 10.7. The summed E-state index contributed by atoms with van der Waals surface area (Å²) in [5, 5.41) is 11.3. The molecule has 0 saturated carbocycles. The lowest BCUT2D eigenvalue weighted by Crippen LogP contribution is -2.34. The number of benzene rings is 1. The van der Waals surface area contributed by atoms with Crippen molar-refractivity contribution in [3.05, 3.63) is 23.8 Å². The molecule has 0 radical (unpaired) electrons. The van der Waals surface area contributed by atoms with Crippen molar-refractivity contribution in [2.75, 3.05) is 13.7 Å². The van der Waals surface area contributed by atoms with E-state index in [4.69, 9.17) is 14.6 Å². The number of carboxylic acids is 1. The molecular weight excluding hydrogens is 274 g/mol. The van der Waals surface area contributed by atoms with E-state index >= 15 is 0 Å². The maximum atomic E-state index is 12.0. The van der Waals surface area contributed by atoms with Gasteiger partial charge in [-0.25, -0.2) is 0 Å². The first-order valence-electron chi connectivity index (χ1n) is 6.81. The highest BCUT2D eigenvalue weighted by Gasteiger charge is 2.15. The third kappa shape index (κ3) is 5.33. The minimum Gasteiger partial charge on any atom is -0.493 e. The third-order valence-electron chi connectivity index (χ3n) is 2.75. The highest BCUT2D eigenvalue weighted by molar-refractivity contribution is 5.95. The van der Waals surface area contributed by atoms with Crippen molar-refractivity contribution in [2.45, 2.75) is 32.7 Å². The van der Waals surface area contributed by atoms with E-state index in [1.54, 1.807) is 25.1 Å². The molecule has 0 aliphatic heterocycles. The fraction of sp³-hybridized carbons (Fsp3) is 0.467. The van der Waals surface area contributed by atoms with Crippen LogP contribution in [0.3, 0.4) is 0 Å². The summed E-state index contributed by atoms with van der Waals surface area (Å²) in [5.74, 6) is -0.246. The molecule has 1 aromatic carbocycles. The molecule has 0 aliphatic carbocycles. The Morgan fingerprint density at radius 1 is 1.33 bits per heavy atom. The van der Waals surface area contributed by atoms with Crippen LogP contribution in [-0.2, 0) is 4.79 Å². The number of nitrogens with one attached hydrogen (secondary N) is 1. The molecule has 0 unspecified atom stereocenters. The van der Waals surface area contributed by atoms with Crippen LogP contribution in [0.5, 0.6) is 11.5 Å². The van der Waals surface area contributed by atoms with E-state index in [2.05, 4.69) is 5.32 Å². The molecule has 1 amide bonds. The Morgan fingerprint density at radius 3 is 2.62 bits per heavy atom. The summed E-state index contributed by atoms with van der Waals surface area (Å²) in [6.45, 7) is 4.21. The molecule has 1 atom stereocenters. The van der Waals surface area contributed by atoms with Crippen molar-refractivity contribution in [3.63, 3.8) is 0 Å². The molecule has 2 N–H and O–H groups in total. The minimum atomic E-state index is -0.955. The maximum absolute atomic E-state index is 12.0. The lowest BCUT2D eigenvalue weighted by Gasteiger charge is -2.14. The number of carboxylic acid groups (broad SMARTS) is 1. The number of amides is 1. The molecule has 0 fully saturated rings. The standard InChI is InChI=1S/C15H21NO5/c1-4-7-21-12-6-5-11(9-13(12)20-3)15(19)16-10(2)8-14(17)18/h5-6,9-10H,4,7-8H2,1-3H3,(H,16,19)(H,17,18)/t10-/m1/s1. The quantitative estimate of drug-likeness (QED) is 0.767. The Balaban J connectivity index is 2.78. The van der Waals surface area contributed by atoms with Gasteiger partial charge in [0.25, 0.3) is 5.91 Å². The number of hydrogen-bond donors (Lipinski definition) is 2. The third-order valence-corrected chi connectivity index (χ3v) is 2.75. The van der Waals surface area contributed by atoms with E-state index in [0.29, 0.717) is 23.7 Å². The van der Waals surface area contributed by atoms with Crippen LogP contribution in [0.2, 0.25) is 0 Å². The largest absolute Gasteiger partial charge is 0.493 e. The zero-order chi connectivity index (χ0) is 15.8. The minimum absolute atomic E-state index is 0.124. The summed E-state index contributed by atoms with van der Waals surface area (Å²) in [7, 11) is 1.50. The molecule has 0 heterocycles. The number of hydrogen-bond acceptors (Lipinski definition) is 4. The number of rotatable bonds is 8. The summed E-state index contributed by atoms with van der Waals surface area (Å²) in [5.41, 5.74) is 0.396. The number of carbonyl (C=O) groups is 2. The number of methoxy groups -OCH3 is 1. The van der Waals surface area contributed by atoms with Gasteiger partial charge in [-0.05, 0) is 31.5 Å². The summed E-state index contributed by atoms with van der Waals surface area (Å²) >= 11 is 0. The molecule has 0 saturated heterocycles. The molecule has 0 spiro atoms. The molecule has 0 aromatic heterocycles. The molecule has 116 valence electrons. The smallest absolute Gasteiger partial charge is 0.305 e. The van der Waals surface area contributed by atoms with Crippen LogP contribution in [0.25, 0.3) is 0 Å². The Hall–Kier alpha value is -2.24. The predicted octanol–water partition coefficient (Wildman–Crippen LogP) is 2.08. The van der Waals surface area contributed by atoms with Gasteiger partial charge >= 0.3 is 5.97 Å². The highest BCUT2D eigenvalue weighted by atomic mass is 16.5. The second kappa shape index (κ2) is 8.14. The monoisotopic (exact) mass is 295 g/mol. The summed E-state index contributed by atoms with van der Waals surface area (Å²) in [6.07, 6.45) is 0.749. The van der Waals surface area contributed by atoms with E-state index in [0.717, 1.165) is 6.42 Å². The van der Waals surface area contributed by atoms with Crippen LogP contribution in [-0.4, -0.2) is 36.7 Å². The van der Waals surface area contributed by atoms with Gasteiger partial charge in [0.2, 0.25) is 0 Å². The molecular formula is C15H21NO5. The maximum Gasteiger partial charge on any atom is 0.305 e. The Morgan fingerprint density at radius 2 is 2.05 bits per heavy atom. The van der Waals surface area contributed by atoms with E-state index in [1.165, 1.54) is 7.11 Å². The van der Waals surface area contributed by atoms with Crippen molar-refractivity contribution in [2.24, 2.45) is 0 Å². The fourth-order valence-electron chi connectivity index (χ4n) is 1.76. The fourth-order valence-corrected chi connectivity index (χ4v) is 1.76. The van der Waals surface area contributed by atoms with Crippen LogP contribution >= 0.6 is 0 Å². The number of carbonyl (C=O) groups excluding carboxylic acids is 1. The molecule has 21 heavy (non-hydrogen) atoms. The second-order valence-electron chi connectivity index (χ2n) is 4.69. The van der Waals surface area contributed by atoms with Gasteiger partial charge in [0.1, 0.15) is 0 Å². The average molecular weight is 295 g/mol. The van der Waals surface area contributed by atoms with Gasteiger partial charge in [-0.2, -0.15) is 0 Å². The summed E-state index contributed by atoms with van der Waals surface area (Å²) in [4.78, 5) is 22.6. The zero-order valence-corrected chi connectivity index (χ0v) is 12.5. The lowest BCUT2D eigenvalue weighted by molar-refractivity contribution is -0.137. The van der Waals surface area contributed by atoms with Crippen molar-refractivity contribution >= 4 is 11.9 Å². The Kier molecular flexibility index (Phi) is 6.52. The second-order valence-corrected chi connectivity index (χ2v) is 4.69. The Labute approximate surface area is 124 Å². The molecule has 0 bridgehead atoms. The number of ether oxygens (including phenoxy) is 2. The van der Waals surface area contributed by atoms with Gasteiger partial charge in [-0.3, -0.25) is 9.59 Å². The average Bonchev–Trinajstić information content (AvgIpc) is 2.43. The van der Waals surface area contributed by atoms with Crippen molar-refractivity contribution in [3.8, 4) is 11.5 Å². The van der Waals surface area contributed by atoms with Crippen molar-refractivity contribution in [1.82, 2.24) is 5.32 Å².